The Labute approximate surface area is 112 Å². The van der Waals surface area contributed by atoms with Crippen molar-refractivity contribution in [2.75, 3.05) is 19.8 Å². The maximum absolute atomic E-state index is 5.47. The fraction of sp³-hybridized carbons (Fsp3) is 1.00. The third-order valence-corrected chi connectivity index (χ3v) is 4.52. The number of ether oxygens (including phenoxy) is 1. The maximum atomic E-state index is 5.47. The van der Waals surface area contributed by atoms with Crippen LogP contribution in [0.3, 0.4) is 0 Å². The first-order chi connectivity index (χ1) is 8.75. The number of hydrogen-bond acceptors (Lipinski definition) is 3. The Bertz CT molecular complexity index is 217. The molecule has 0 aromatic carbocycles. The summed E-state index contributed by atoms with van der Waals surface area (Å²) in [4.78, 5) is 0. The molecule has 0 saturated carbocycles. The average Bonchev–Trinajstić information content (AvgIpc) is 2.76. The van der Waals surface area contributed by atoms with Crippen LogP contribution >= 0.6 is 0 Å². The van der Waals surface area contributed by atoms with Crippen LogP contribution in [0.15, 0.2) is 0 Å². The van der Waals surface area contributed by atoms with Crippen LogP contribution in [0.5, 0.6) is 0 Å². The summed E-state index contributed by atoms with van der Waals surface area (Å²) in [5, 5.41) is 7.46. The molecule has 0 aromatic heterocycles. The van der Waals surface area contributed by atoms with Gasteiger partial charge in [0.1, 0.15) is 0 Å². The molecule has 0 bridgehead atoms. The smallest absolute Gasteiger partial charge is 0.0509 e. The Morgan fingerprint density at radius 3 is 2.89 bits per heavy atom. The van der Waals surface area contributed by atoms with E-state index in [2.05, 4.69) is 24.5 Å². The standard InChI is InChI=1S/C15H30N2O/c1-12(10-15-6-4-3-5-8-16-15)17-13(2)14-7-9-18-11-14/h12-17H,3-11H2,1-2H3. The second-order valence-electron chi connectivity index (χ2n) is 6.22. The highest BCUT2D eigenvalue weighted by Gasteiger charge is 2.24. The molecule has 18 heavy (non-hydrogen) atoms. The van der Waals surface area contributed by atoms with E-state index in [9.17, 15) is 0 Å². The molecule has 3 nitrogen and oxygen atoms in total. The highest BCUT2D eigenvalue weighted by Crippen LogP contribution is 2.18. The third-order valence-electron chi connectivity index (χ3n) is 4.52. The molecule has 2 heterocycles. The molecule has 2 aliphatic rings. The van der Waals surface area contributed by atoms with Gasteiger partial charge in [0.2, 0.25) is 0 Å². The lowest BCUT2D eigenvalue weighted by Crippen LogP contribution is -2.43. The first-order valence-electron chi connectivity index (χ1n) is 7.83. The van der Waals surface area contributed by atoms with Crippen molar-refractivity contribution in [1.29, 1.82) is 0 Å². The van der Waals surface area contributed by atoms with Crippen LogP contribution in [-0.2, 0) is 4.74 Å². The molecule has 2 fully saturated rings. The van der Waals surface area contributed by atoms with Gasteiger partial charge in [-0.2, -0.15) is 0 Å². The molecule has 3 heteroatoms. The Morgan fingerprint density at radius 2 is 2.11 bits per heavy atom. The molecule has 2 saturated heterocycles. The quantitative estimate of drug-likeness (QED) is 0.790. The lowest BCUT2D eigenvalue weighted by Gasteiger charge is -2.27. The normalized spacial score (nSPS) is 33.0. The van der Waals surface area contributed by atoms with Crippen molar-refractivity contribution >= 4 is 0 Å². The van der Waals surface area contributed by atoms with E-state index in [1.54, 1.807) is 0 Å². The molecule has 106 valence electrons. The van der Waals surface area contributed by atoms with Gasteiger partial charge >= 0.3 is 0 Å². The van der Waals surface area contributed by atoms with Gasteiger partial charge in [-0.15, -0.1) is 0 Å². The Morgan fingerprint density at radius 1 is 1.22 bits per heavy atom. The zero-order valence-corrected chi connectivity index (χ0v) is 12.1. The minimum Gasteiger partial charge on any atom is -0.381 e. The van der Waals surface area contributed by atoms with E-state index in [0.717, 1.165) is 25.2 Å². The second kappa shape index (κ2) is 7.46. The van der Waals surface area contributed by atoms with Gasteiger partial charge < -0.3 is 15.4 Å². The van der Waals surface area contributed by atoms with Crippen LogP contribution in [0.4, 0.5) is 0 Å². The molecule has 2 N–H and O–H groups in total. The summed E-state index contributed by atoms with van der Waals surface area (Å²) in [6, 6.07) is 1.92. The van der Waals surface area contributed by atoms with Gasteiger partial charge in [0.25, 0.3) is 0 Å². The molecule has 4 unspecified atom stereocenters. The van der Waals surface area contributed by atoms with Crippen LogP contribution in [0.1, 0.15) is 52.4 Å². The summed E-state index contributed by atoms with van der Waals surface area (Å²) in [6.45, 7) is 7.76. The average molecular weight is 254 g/mol. The second-order valence-corrected chi connectivity index (χ2v) is 6.22. The number of rotatable bonds is 5. The minimum absolute atomic E-state index is 0.591. The SMILES string of the molecule is CC(CC1CCCCCN1)NC(C)C1CCOC1. The van der Waals surface area contributed by atoms with Gasteiger partial charge in [-0.3, -0.25) is 0 Å². The van der Waals surface area contributed by atoms with Gasteiger partial charge in [-0.25, -0.2) is 0 Å². The fourth-order valence-corrected chi connectivity index (χ4v) is 3.33. The van der Waals surface area contributed by atoms with Crippen LogP contribution < -0.4 is 10.6 Å². The van der Waals surface area contributed by atoms with Crippen LogP contribution in [0.2, 0.25) is 0 Å². The van der Waals surface area contributed by atoms with Gasteiger partial charge in [-0.1, -0.05) is 12.8 Å². The van der Waals surface area contributed by atoms with Crippen molar-refractivity contribution < 1.29 is 4.74 Å². The van der Waals surface area contributed by atoms with Crippen molar-refractivity contribution in [1.82, 2.24) is 10.6 Å². The van der Waals surface area contributed by atoms with E-state index >= 15 is 0 Å². The minimum atomic E-state index is 0.591. The molecule has 0 radical (unpaired) electrons. The molecular formula is C15H30N2O. The van der Waals surface area contributed by atoms with Gasteiger partial charge in [0.05, 0.1) is 6.61 Å². The van der Waals surface area contributed by atoms with Gasteiger partial charge in [0.15, 0.2) is 0 Å². The highest BCUT2D eigenvalue weighted by molar-refractivity contribution is 4.81. The molecule has 0 spiro atoms. The topological polar surface area (TPSA) is 33.3 Å². The molecule has 4 atom stereocenters. The molecule has 2 rings (SSSR count). The maximum Gasteiger partial charge on any atom is 0.0509 e. The first kappa shape index (κ1) is 14.3. The summed E-state index contributed by atoms with van der Waals surface area (Å²) in [5.41, 5.74) is 0. The van der Waals surface area contributed by atoms with Crippen LogP contribution in [-0.4, -0.2) is 37.9 Å². The van der Waals surface area contributed by atoms with E-state index in [1.165, 1.54) is 45.1 Å². The van der Waals surface area contributed by atoms with E-state index < -0.39 is 0 Å². The van der Waals surface area contributed by atoms with Gasteiger partial charge in [0, 0.05) is 24.7 Å². The lowest BCUT2D eigenvalue weighted by atomic mass is 9.98. The van der Waals surface area contributed by atoms with Crippen LogP contribution in [0, 0.1) is 5.92 Å². The molecule has 0 amide bonds. The Balaban J connectivity index is 1.68. The van der Waals surface area contributed by atoms with E-state index in [-0.39, 0.29) is 0 Å². The summed E-state index contributed by atoms with van der Waals surface area (Å²) in [7, 11) is 0. The van der Waals surface area contributed by atoms with Crippen LogP contribution in [0.25, 0.3) is 0 Å². The fourth-order valence-electron chi connectivity index (χ4n) is 3.33. The van der Waals surface area contributed by atoms with Gasteiger partial charge in [-0.05, 0) is 52.0 Å². The zero-order chi connectivity index (χ0) is 12.8. The van der Waals surface area contributed by atoms with Crippen molar-refractivity contribution in [3.05, 3.63) is 0 Å². The monoisotopic (exact) mass is 254 g/mol. The summed E-state index contributed by atoms with van der Waals surface area (Å²) >= 11 is 0. The highest BCUT2D eigenvalue weighted by atomic mass is 16.5. The van der Waals surface area contributed by atoms with Crippen molar-refractivity contribution in [3.8, 4) is 0 Å². The predicted molar refractivity (Wildman–Crippen MR) is 75.9 cm³/mol. The van der Waals surface area contributed by atoms with E-state index in [0.29, 0.717) is 12.1 Å². The van der Waals surface area contributed by atoms with E-state index in [4.69, 9.17) is 4.74 Å². The van der Waals surface area contributed by atoms with Crippen molar-refractivity contribution in [2.24, 2.45) is 5.92 Å². The summed E-state index contributed by atoms with van der Waals surface area (Å²) in [5.74, 6) is 0.717. The molecule has 2 aliphatic heterocycles. The largest absolute Gasteiger partial charge is 0.381 e. The van der Waals surface area contributed by atoms with Crippen molar-refractivity contribution in [3.63, 3.8) is 0 Å². The zero-order valence-electron chi connectivity index (χ0n) is 12.1. The number of hydrogen-bond donors (Lipinski definition) is 2. The van der Waals surface area contributed by atoms with Crippen molar-refractivity contribution in [2.45, 2.75) is 70.5 Å². The molecular weight excluding hydrogens is 224 g/mol. The number of nitrogens with one attached hydrogen (secondary N) is 2. The van der Waals surface area contributed by atoms with E-state index in [1.807, 2.05) is 0 Å². The Kier molecular flexibility index (Phi) is 5.93. The summed E-state index contributed by atoms with van der Waals surface area (Å²) in [6.07, 6.45) is 8.00. The third kappa shape index (κ3) is 4.52. The predicted octanol–water partition coefficient (Wildman–Crippen LogP) is 2.31. The molecule has 0 aliphatic carbocycles. The Hall–Kier alpha value is -0.120. The lowest BCUT2D eigenvalue weighted by molar-refractivity contribution is 0.176. The first-order valence-corrected chi connectivity index (χ1v) is 7.83. The summed E-state index contributed by atoms with van der Waals surface area (Å²) < 4.78 is 5.47. The molecule has 0 aromatic rings.